The molecule has 0 aliphatic heterocycles. The standard InChI is InChI=1S/C23H27NOS/c1-16-15-26-20-14-13-18-8-5-7-17(23(18)22(16)20)9-6-12-21(25)24-19-10-3-2-4-11-19/h5,7-8,13-15,19H,2-4,6,9-12H2,1H3,(H,24,25). The topological polar surface area (TPSA) is 29.1 Å². The van der Waals surface area contributed by atoms with Crippen LogP contribution in [-0.2, 0) is 11.2 Å². The van der Waals surface area contributed by atoms with Crippen LogP contribution in [0.3, 0.4) is 0 Å². The Morgan fingerprint density at radius 3 is 2.81 bits per heavy atom. The van der Waals surface area contributed by atoms with Gasteiger partial charge in [0, 0.05) is 22.5 Å². The molecule has 1 aliphatic rings. The number of amides is 1. The first-order valence-corrected chi connectivity index (χ1v) is 10.8. The molecule has 0 bridgehead atoms. The molecule has 3 heteroatoms. The van der Waals surface area contributed by atoms with Crippen LogP contribution in [0.5, 0.6) is 0 Å². The largest absolute Gasteiger partial charge is 0.353 e. The summed E-state index contributed by atoms with van der Waals surface area (Å²) >= 11 is 1.82. The number of aryl methyl sites for hydroxylation is 2. The maximum absolute atomic E-state index is 12.3. The maximum atomic E-state index is 12.3. The summed E-state index contributed by atoms with van der Waals surface area (Å²) in [5, 5.41) is 9.58. The zero-order valence-electron chi connectivity index (χ0n) is 15.5. The first-order valence-electron chi connectivity index (χ1n) is 9.90. The van der Waals surface area contributed by atoms with Crippen LogP contribution in [0.25, 0.3) is 20.9 Å². The summed E-state index contributed by atoms with van der Waals surface area (Å²) in [6.07, 6.45) is 8.67. The smallest absolute Gasteiger partial charge is 0.220 e. The molecule has 1 heterocycles. The lowest BCUT2D eigenvalue weighted by Crippen LogP contribution is -2.36. The van der Waals surface area contributed by atoms with Crippen molar-refractivity contribution in [2.75, 3.05) is 0 Å². The number of benzene rings is 2. The number of thiophene rings is 1. The normalized spacial score (nSPS) is 15.6. The molecule has 1 aliphatic carbocycles. The van der Waals surface area contributed by atoms with Crippen molar-refractivity contribution in [2.45, 2.75) is 64.3 Å². The van der Waals surface area contributed by atoms with Gasteiger partial charge >= 0.3 is 0 Å². The molecule has 0 atom stereocenters. The minimum atomic E-state index is 0.231. The molecular weight excluding hydrogens is 338 g/mol. The van der Waals surface area contributed by atoms with Crippen molar-refractivity contribution in [3.63, 3.8) is 0 Å². The summed E-state index contributed by atoms with van der Waals surface area (Å²) < 4.78 is 1.36. The summed E-state index contributed by atoms with van der Waals surface area (Å²) in [4.78, 5) is 12.3. The second-order valence-corrected chi connectivity index (χ2v) is 8.54. The van der Waals surface area contributed by atoms with Gasteiger partial charge in [-0.05, 0) is 66.0 Å². The van der Waals surface area contributed by atoms with Crippen molar-refractivity contribution >= 4 is 38.1 Å². The Bertz CT molecular complexity index is 920. The van der Waals surface area contributed by atoms with Gasteiger partial charge in [0.2, 0.25) is 5.91 Å². The molecule has 3 aromatic rings. The molecule has 1 N–H and O–H groups in total. The van der Waals surface area contributed by atoms with E-state index in [0.29, 0.717) is 12.5 Å². The summed E-state index contributed by atoms with van der Waals surface area (Å²) in [6, 6.07) is 11.5. The van der Waals surface area contributed by atoms with Crippen molar-refractivity contribution in [1.29, 1.82) is 0 Å². The van der Waals surface area contributed by atoms with Crippen LogP contribution in [-0.4, -0.2) is 11.9 Å². The van der Waals surface area contributed by atoms with E-state index >= 15 is 0 Å². The Kier molecular flexibility index (Phi) is 5.26. The molecule has 0 unspecified atom stereocenters. The predicted molar refractivity (Wildman–Crippen MR) is 112 cm³/mol. The minimum absolute atomic E-state index is 0.231. The van der Waals surface area contributed by atoms with Gasteiger partial charge in [-0.2, -0.15) is 0 Å². The van der Waals surface area contributed by atoms with E-state index in [-0.39, 0.29) is 5.91 Å². The predicted octanol–water partition coefficient (Wildman–Crippen LogP) is 6.13. The van der Waals surface area contributed by atoms with Gasteiger partial charge in [-0.25, -0.2) is 0 Å². The maximum Gasteiger partial charge on any atom is 0.220 e. The Morgan fingerprint density at radius 2 is 1.96 bits per heavy atom. The Balaban J connectivity index is 1.46. The van der Waals surface area contributed by atoms with Gasteiger partial charge in [-0.3, -0.25) is 4.79 Å². The molecule has 0 spiro atoms. The molecule has 2 aromatic carbocycles. The molecule has 4 rings (SSSR count). The number of rotatable bonds is 5. The van der Waals surface area contributed by atoms with Gasteiger partial charge in [0.25, 0.3) is 0 Å². The molecule has 136 valence electrons. The van der Waals surface area contributed by atoms with Gasteiger partial charge in [0.05, 0.1) is 0 Å². The lowest BCUT2D eigenvalue weighted by molar-refractivity contribution is -0.122. The zero-order valence-corrected chi connectivity index (χ0v) is 16.3. The van der Waals surface area contributed by atoms with E-state index in [1.54, 1.807) is 0 Å². The van der Waals surface area contributed by atoms with Gasteiger partial charge < -0.3 is 5.32 Å². The van der Waals surface area contributed by atoms with Crippen LogP contribution in [0.4, 0.5) is 0 Å². The Morgan fingerprint density at radius 1 is 1.12 bits per heavy atom. The summed E-state index contributed by atoms with van der Waals surface area (Å²) in [5.41, 5.74) is 2.73. The number of carbonyl (C=O) groups is 1. The van der Waals surface area contributed by atoms with Gasteiger partial charge in [-0.1, -0.05) is 43.5 Å². The van der Waals surface area contributed by atoms with E-state index in [1.807, 2.05) is 11.3 Å². The molecule has 1 fully saturated rings. The molecule has 1 aromatic heterocycles. The number of nitrogens with one attached hydrogen (secondary N) is 1. The highest BCUT2D eigenvalue weighted by atomic mass is 32.1. The van der Waals surface area contributed by atoms with E-state index in [0.717, 1.165) is 25.7 Å². The quantitative estimate of drug-likeness (QED) is 0.578. The van der Waals surface area contributed by atoms with E-state index in [4.69, 9.17) is 0 Å². The van der Waals surface area contributed by atoms with Crippen LogP contribution in [0.15, 0.2) is 35.7 Å². The van der Waals surface area contributed by atoms with Crippen molar-refractivity contribution in [2.24, 2.45) is 0 Å². The average molecular weight is 366 g/mol. The van der Waals surface area contributed by atoms with Crippen LogP contribution < -0.4 is 5.32 Å². The lowest BCUT2D eigenvalue weighted by Gasteiger charge is -2.22. The highest BCUT2D eigenvalue weighted by Gasteiger charge is 2.15. The summed E-state index contributed by atoms with van der Waals surface area (Å²) in [5.74, 6) is 0.231. The molecule has 0 radical (unpaired) electrons. The lowest BCUT2D eigenvalue weighted by atomic mass is 9.95. The monoisotopic (exact) mass is 365 g/mol. The van der Waals surface area contributed by atoms with Crippen LogP contribution >= 0.6 is 11.3 Å². The van der Waals surface area contributed by atoms with Gasteiger partial charge in [-0.15, -0.1) is 11.3 Å². The van der Waals surface area contributed by atoms with Crippen molar-refractivity contribution in [3.05, 3.63) is 46.8 Å². The van der Waals surface area contributed by atoms with Crippen LogP contribution in [0.2, 0.25) is 0 Å². The van der Waals surface area contributed by atoms with E-state index in [9.17, 15) is 4.79 Å². The van der Waals surface area contributed by atoms with Gasteiger partial charge in [0.15, 0.2) is 0 Å². The molecule has 1 amide bonds. The third-order valence-electron chi connectivity index (χ3n) is 5.67. The summed E-state index contributed by atoms with van der Waals surface area (Å²) in [6.45, 7) is 2.20. The highest BCUT2D eigenvalue weighted by molar-refractivity contribution is 7.17. The molecular formula is C23H27NOS. The van der Waals surface area contributed by atoms with Crippen molar-refractivity contribution < 1.29 is 4.79 Å². The average Bonchev–Trinajstić information content (AvgIpc) is 3.04. The second kappa shape index (κ2) is 7.79. The van der Waals surface area contributed by atoms with E-state index in [2.05, 4.69) is 48.0 Å². The third kappa shape index (κ3) is 3.64. The Hall–Kier alpha value is -1.87. The second-order valence-electron chi connectivity index (χ2n) is 7.63. The minimum Gasteiger partial charge on any atom is -0.353 e. The summed E-state index contributed by atoms with van der Waals surface area (Å²) in [7, 11) is 0. The molecule has 2 nitrogen and oxygen atoms in total. The number of fused-ring (bicyclic) bond motifs is 3. The van der Waals surface area contributed by atoms with Crippen molar-refractivity contribution in [3.8, 4) is 0 Å². The zero-order chi connectivity index (χ0) is 17.9. The fourth-order valence-electron chi connectivity index (χ4n) is 4.33. The number of hydrogen-bond acceptors (Lipinski definition) is 2. The number of hydrogen-bond donors (Lipinski definition) is 1. The van der Waals surface area contributed by atoms with Crippen LogP contribution in [0, 0.1) is 6.92 Å². The fourth-order valence-corrected chi connectivity index (χ4v) is 5.28. The first kappa shape index (κ1) is 17.5. The number of carbonyl (C=O) groups excluding carboxylic acids is 1. The first-order chi connectivity index (χ1) is 12.7. The fraction of sp³-hybridized carbons (Fsp3) is 0.435. The molecule has 0 saturated heterocycles. The highest BCUT2D eigenvalue weighted by Crippen LogP contribution is 2.35. The SMILES string of the molecule is Cc1csc2ccc3cccc(CCCC(=O)NC4CCCCC4)c3c12. The molecule has 1 saturated carbocycles. The van der Waals surface area contributed by atoms with Crippen molar-refractivity contribution in [1.82, 2.24) is 5.32 Å². The van der Waals surface area contributed by atoms with Gasteiger partial charge in [0.1, 0.15) is 0 Å². The van der Waals surface area contributed by atoms with E-state index in [1.165, 1.54) is 51.2 Å². The van der Waals surface area contributed by atoms with Crippen LogP contribution in [0.1, 0.15) is 56.1 Å². The third-order valence-corrected chi connectivity index (χ3v) is 6.74. The Labute approximate surface area is 159 Å². The van der Waals surface area contributed by atoms with E-state index < -0.39 is 0 Å². The molecule has 26 heavy (non-hydrogen) atoms.